The molecule has 2 amide bonds. The number of benzene rings is 1. The number of rotatable bonds is 5. The number of carbonyl (C=O) groups is 3. The Hall–Kier alpha value is -2.02. The number of methoxy groups -OCH3 is 1. The second-order valence-electron chi connectivity index (χ2n) is 4.10. The van der Waals surface area contributed by atoms with Crippen LogP contribution in [0.3, 0.4) is 0 Å². The molecule has 0 aromatic heterocycles. The summed E-state index contributed by atoms with van der Waals surface area (Å²) in [6, 6.07) is 7.00. The Morgan fingerprint density at radius 1 is 1.30 bits per heavy atom. The third-order valence-corrected chi connectivity index (χ3v) is 3.68. The second kappa shape index (κ2) is 6.42. The van der Waals surface area contributed by atoms with Crippen molar-refractivity contribution in [1.82, 2.24) is 5.32 Å². The normalized spacial score (nSPS) is 17.8. The van der Waals surface area contributed by atoms with Crippen molar-refractivity contribution in [2.75, 3.05) is 13.7 Å². The lowest BCUT2D eigenvalue weighted by atomic mass is 10.1. The molecule has 2 rings (SSSR count). The van der Waals surface area contributed by atoms with Gasteiger partial charge in [0, 0.05) is 0 Å². The molecule has 6 nitrogen and oxygen atoms in total. The molecule has 0 saturated carbocycles. The highest BCUT2D eigenvalue weighted by Crippen LogP contribution is 2.23. The third-order valence-electron chi connectivity index (χ3n) is 2.70. The van der Waals surface area contributed by atoms with Crippen molar-refractivity contribution >= 4 is 28.9 Å². The SMILES string of the molecule is COC(=O)COc1ccc(CC2SC(=O)NC2=O)cc1. The number of hydrogen-bond donors (Lipinski definition) is 1. The quantitative estimate of drug-likeness (QED) is 0.820. The lowest BCUT2D eigenvalue weighted by Gasteiger charge is -2.07. The van der Waals surface area contributed by atoms with Gasteiger partial charge in [0.25, 0.3) is 5.24 Å². The summed E-state index contributed by atoms with van der Waals surface area (Å²) in [6.45, 7) is -0.148. The fourth-order valence-electron chi connectivity index (χ4n) is 1.66. The maximum atomic E-state index is 11.4. The lowest BCUT2D eigenvalue weighted by molar-refractivity contribution is -0.142. The van der Waals surface area contributed by atoms with Crippen LogP contribution in [0, 0.1) is 0 Å². The molecule has 1 aliphatic heterocycles. The van der Waals surface area contributed by atoms with E-state index in [1.807, 2.05) is 0 Å². The van der Waals surface area contributed by atoms with E-state index in [0.29, 0.717) is 12.2 Å². The molecule has 0 bridgehead atoms. The van der Waals surface area contributed by atoms with Gasteiger partial charge >= 0.3 is 5.97 Å². The molecule has 1 aromatic carbocycles. The Balaban J connectivity index is 1.90. The summed E-state index contributed by atoms with van der Waals surface area (Å²) in [4.78, 5) is 33.4. The van der Waals surface area contributed by atoms with Gasteiger partial charge < -0.3 is 9.47 Å². The van der Waals surface area contributed by atoms with E-state index in [4.69, 9.17) is 4.74 Å². The monoisotopic (exact) mass is 295 g/mol. The zero-order valence-electron chi connectivity index (χ0n) is 10.8. The largest absolute Gasteiger partial charge is 0.482 e. The summed E-state index contributed by atoms with van der Waals surface area (Å²) in [5.41, 5.74) is 0.915. The molecule has 1 fully saturated rings. The van der Waals surface area contributed by atoms with E-state index in [2.05, 4.69) is 10.1 Å². The highest BCUT2D eigenvalue weighted by Gasteiger charge is 2.31. The Morgan fingerprint density at radius 2 is 2.00 bits per heavy atom. The van der Waals surface area contributed by atoms with Gasteiger partial charge in [-0.05, 0) is 24.1 Å². The minimum atomic E-state index is -0.452. The molecule has 20 heavy (non-hydrogen) atoms. The molecule has 7 heteroatoms. The first-order valence-electron chi connectivity index (χ1n) is 5.88. The molecular weight excluding hydrogens is 282 g/mol. The van der Waals surface area contributed by atoms with Crippen LogP contribution in [-0.2, 0) is 20.7 Å². The van der Waals surface area contributed by atoms with E-state index in [1.54, 1.807) is 24.3 Å². The van der Waals surface area contributed by atoms with Crippen LogP contribution in [0.2, 0.25) is 0 Å². The third kappa shape index (κ3) is 3.74. The van der Waals surface area contributed by atoms with Gasteiger partial charge in [-0.15, -0.1) is 0 Å². The first kappa shape index (κ1) is 14.4. The fraction of sp³-hybridized carbons (Fsp3) is 0.308. The van der Waals surface area contributed by atoms with Gasteiger partial charge in [0.05, 0.1) is 12.4 Å². The van der Waals surface area contributed by atoms with Crippen molar-refractivity contribution in [1.29, 1.82) is 0 Å². The Kier molecular flexibility index (Phi) is 4.62. The summed E-state index contributed by atoms with van der Waals surface area (Å²) in [5.74, 6) is -0.170. The number of esters is 1. The van der Waals surface area contributed by atoms with Gasteiger partial charge in [-0.2, -0.15) is 0 Å². The topological polar surface area (TPSA) is 81.7 Å². The van der Waals surface area contributed by atoms with Crippen molar-refractivity contribution in [2.24, 2.45) is 0 Å². The molecular formula is C13H13NO5S. The summed E-state index contributed by atoms with van der Waals surface area (Å²) in [6.07, 6.45) is 0.472. The van der Waals surface area contributed by atoms with Crippen molar-refractivity contribution in [2.45, 2.75) is 11.7 Å². The highest BCUT2D eigenvalue weighted by molar-refractivity contribution is 8.15. The molecule has 0 radical (unpaired) electrons. The van der Waals surface area contributed by atoms with Gasteiger partial charge in [-0.3, -0.25) is 14.9 Å². The molecule has 1 aromatic rings. The fourth-order valence-corrected chi connectivity index (χ4v) is 2.52. The zero-order valence-corrected chi connectivity index (χ0v) is 11.6. The highest BCUT2D eigenvalue weighted by atomic mass is 32.2. The number of amides is 2. The van der Waals surface area contributed by atoms with Crippen LogP contribution < -0.4 is 10.1 Å². The van der Waals surface area contributed by atoms with Gasteiger partial charge in [0.1, 0.15) is 5.75 Å². The standard InChI is InChI=1S/C13H13NO5S/c1-18-11(15)7-19-9-4-2-8(3-5-9)6-10-12(16)14-13(17)20-10/h2-5,10H,6-7H2,1H3,(H,14,16,17). The number of carbonyl (C=O) groups excluding carboxylic acids is 3. The summed E-state index contributed by atoms with van der Waals surface area (Å²) in [5, 5.41) is 1.55. The zero-order chi connectivity index (χ0) is 14.5. The van der Waals surface area contributed by atoms with Crippen LogP contribution in [0.25, 0.3) is 0 Å². The maximum absolute atomic E-state index is 11.4. The van der Waals surface area contributed by atoms with E-state index in [9.17, 15) is 14.4 Å². The first-order chi connectivity index (χ1) is 9.58. The number of nitrogens with one attached hydrogen (secondary N) is 1. The molecule has 0 aliphatic carbocycles. The smallest absolute Gasteiger partial charge is 0.343 e. The second-order valence-corrected chi connectivity index (χ2v) is 5.27. The van der Waals surface area contributed by atoms with E-state index >= 15 is 0 Å². The van der Waals surface area contributed by atoms with Crippen molar-refractivity contribution in [3.05, 3.63) is 29.8 Å². The van der Waals surface area contributed by atoms with Gasteiger partial charge in [0.15, 0.2) is 6.61 Å². The number of ether oxygens (including phenoxy) is 2. The Labute approximate surface area is 119 Å². The molecule has 1 atom stereocenters. The van der Waals surface area contributed by atoms with E-state index in [-0.39, 0.29) is 23.0 Å². The minimum Gasteiger partial charge on any atom is -0.482 e. The Morgan fingerprint density at radius 3 is 2.55 bits per heavy atom. The van der Waals surface area contributed by atoms with E-state index in [1.165, 1.54) is 7.11 Å². The summed E-state index contributed by atoms with van der Waals surface area (Å²) in [7, 11) is 1.29. The van der Waals surface area contributed by atoms with Crippen molar-refractivity contribution in [3.8, 4) is 5.75 Å². The van der Waals surface area contributed by atoms with Gasteiger partial charge in [-0.1, -0.05) is 23.9 Å². The van der Waals surface area contributed by atoms with Crippen LogP contribution in [0.15, 0.2) is 24.3 Å². The molecule has 1 N–H and O–H groups in total. The molecule has 1 heterocycles. The van der Waals surface area contributed by atoms with Crippen LogP contribution in [0.5, 0.6) is 5.75 Å². The van der Waals surface area contributed by atoms with Crippen LogP contribution >= 0.6 is 11.8 Å². The number of imide groups is 1. The van der Waals surface area contributed by atoms with Crippen LogP contribution in [0.4, 0.5) is 4.79 Å². The molecule has 106 valence electrons. The first-order valence-corrected chi connectivity index (χ1v) is 6.76. The minimum absolute atomic E-state index is 0.148. The van der Waals surface area contributed by atoms with Crippen molar-refractivity contribution in [3.63, 3.8) is 0 Å². The lowest BCUT2D eigenvalue weighted by Crippen LogP contribution is -2.25. The predicted molar refractivity (Wildman–Crippen MR) is 72.6 cm³/mol. The summed E-state index contributed by atoms with van der Waals surface area (Å²) >= 11 is 0.998. The molecule has 1 aliphatic rings. The maximum Gasteiger partial charge on any atom is 0.343 e. The average molecular weight is 295 g/mol. The van der Waals surface area contributed by atoms with E-state index in [0.717, 1.165) is 17.3 Å². The van der Waals surface area contributed by atoms with E-state index < -0.39 is 5.97 Å². The molecule has 1 saturated heterocycles. The van der Waals surface area contributed by atoms with Crippen LogP contribution in [0.1, 0.15) is 5.56 Å². The van der Waals surface area contributed by atoms with Gasteiger partial charge in [0.2, 0.25) is 5.91 Å². The van der Waals surface area contributed by atoms with Gasteiger partial charge in [-0.25, -0.2) is 4.79 Å². The molecule has 0 spiro atoms. The van der Waals surface area contributed by atoms with Crippen LogP contribution in [-0.4, -0.2) is 36.1 Å². The summed E-state index contributed by atoms with van der Waals surface area (Å²) < 4.78 is 9.67. The number of hydrogen-bond acceptors (Lipinski definition) is 6. The molecule has 1 unspecified atom stereocenters. The Bertz CT molecular complexity index is 528. The number of thioether (sulfide) groups is 1. The average Bonchev–Trinajstić information content (AvgIpc) is 2.75. The predicted octanol–water partition coefficient (Wildman–Crippen LogP) is 1.13. The van der Waals surface area contributed by atoms with Crippen molar-refractivity contribution < 1.29 is 23.9 Å².